The van der Waals surface area contributed by atoms with Crippen LogP contribution in [0.5, 0.6) is 0 Å². The van der Waals surface area contributed by atoms with E-state index < -0.39 is 0 Å². The molecule has 0 radical (unpaired) electrons. The molecule has 2 aliphatic rings. The molecular formula is C25H37ClO2. The molecule has 0 aliphatic heterocycles. The Morgan fingerprint density at radius 3 is 2.18 bits per heavy atom. The molecule has 3 rings (SSSR count). The van der Waals surface area contributed by atoms with Crippen molar-refractivity contribution in [2.45, 2.75) is 96.0 Å². The van der Waals surface area contributed by atoms with Gasteiger partial charge in [0.15, 0.2) is 0 Å². The topological polar surface area (TPSA) is 26.3 Å². The van der Waals surface area contributed by atoms with Gasteiger partial charge in [0.2, 0.25) is 0 Å². The minimum Gasteiger partial charge on any atom is -0.459 e. The van der Waals surface area contributed by atoms with E-state index >= 15 is 0 Å². The van der Waals surface area contributed by atoms with Gasteiger partial charge >= 0.3 is 5.97 Å². The predicted octanol–water partition coefficient (Wildman–Crippen LogP) is 7.50. The summed E-state index contributed by atoms with van der Waals surface area (Å²) < 4.78 is 5.73. The van der Waals surface area contributed by atoms with Crippen LogP contribution in [0.3, 0.4) is 0 Å². The normalized spacial score (nSPS) is 28.1. The zero-order valence-electron chi connectivity index (χ0n) is 17.5. The van der Waals surface area contributed by atoms with E-state index in [1.54, 1.807) is 0 Å². The van der Waals surface area contributed by atoms with Crippen molar-refractivity contribution in [1.82, 2.24) is 0 Å². The number of benzene rings is 1. The Morgan fingerprint density at radius 1 is 0.929 bits per heavy atom. The first kappa shape index (κ1) is 21.7. The van der Waals surface area contributed by atoms with Crippen LogP contribution in [-0.4, -0.2) is 18.0 Å². The van der Waals surface area contributed by atoms with Gasteiger partial charge in [-0.2, -0.15) is 0 Å². The number of carbonyl (C=O) groups is 1. The highest BCUT2D eigenvalue weighted by Crippen LogP contribution is 2.38. The first-order valence-electron chi connectivity index (χ1n) is 11.6. The van der Waals surface area contributed by atoms with Gasteiger partial charge in [0.1, 0.15) is 6.10 Å². The number of alkyl halides is 1. The lowest BCUT2D eigenvalue weighted by Gasteiger charge is -2.29. The molecule has 156 valence electrons. The largest absolute Gasteiger partial charge is 0.459 e. The summed E-state index contributed by atoms with van der Waals surface area (Å²) in [5, 5.41) is 0. The van der Waals surface area contributed by atoms with Crippen molar-refractivity contribution in [3.8, 4) is 0 Å². The number of hydrogen-bond acceptors (Lipinski definition) is 2. The van der Waals surface area contributed by atoms with Gasteiger partial charge in [-0.25, -0.2) is 4.79 Å². The van der Waals surface area contributed by atoms with Crippen LogP contribution in [0.25, 0.3) is 0 Å². The molecular weight excluding hydrogens is 368 g/mol. The second-order valence-electron chi connectivity index (χ2n) is 9.04. The van der Waals surface area contributed by atoms with E-state index in [9.17, 15) is 4.79 Å². The van der Waals surface area contributed by atoms with Crippen LogP contribution in [0.15, 0.2) is 24.3 Å². The molecule has 3 heteroatoms. The van der Waals surface area contributed by atoms with E-state index in [4.69, 9.17) is 16.3 Å². The van der Waals surface area contributed by atoms with E-state index in [0.29, 0.717) is 17.4 Å². The highest BCUT2D eigenvalue weighted by molar-refractivity contribution is 6.18. The van der Waals surface area contributed by atoms with E-state index in [1.165, 1.54) is 56.9 Å². The van der Waals surface area contributed by atoms with Gasteiger partial charge in [0, 0.05) is 5.88 Å². The van der Waals surface area contributed by atoms with Crippen LogP contribution in [0.4, 0.5) is 0 Å². The number of halogens is 1. The van der Waals surface area contributed by atoms with Gasteiger partial charge in [0.25, 0.3) is 0 Å². The van der Waals surface area contributed by atoms with Crippen LogP contribution in [0.1, 0.15) is 106 Å². The van der Waals surface area contributed by atoms with Crippen LogP contribution < -0.4 is 0 Å². The molecule has 2 fully saturated rings. The van der Waals surface area contributed by atoms with Crippen molar-refractivity contribution < 1.29 is 9.53 Å². The number of esters is 1. The third-order valence-corrected chi connectivity index (χ3v) is 7.40. The van der Waals surface area contributed by atoms with Gasteiger partial charge < -0.3 is 4.74 Å². The van der Waals surface area contributed by atoms with Gasteiger partial charge in [-0.1, -0.05) is 44.7 Å². The molecule has 0 unspecified atom stereocenters. The van der Waals surface area contributed by atoms with Crippen molar-refractivity contribution in [2.24, 2.45) is 11.8 Å². The van der Waals surface area contributed by atoms with Crippen LogP contribution in [0.2, 0.25) is 0 Å². The Hall–Kier alpha value is -1.02. The molecule has 28 heavy (non-hydrogen) atoms. The quantitative estimate of drug-likeness (QED) is 0.254. The van der Waals surface area contributed by atoms with E-state index in [1.807, 2.05) is 12.1 Å². The van der Waals surface area contributed by atoms with Gasteiger partial charge in [-0.3, -0.25) is 0 Å². The van der Waals surface area contributed by atoms with Crippen molar-refractivity contribution in [1.29, 1.82) is 0 Å². The lowest BCUT2D eigenvalue weighted by molar-refractivity contribution is 0.0175. The molecule has 0 saturated heterocycles. The number of carbonyl (C=O) groups excluding carboxylic acids is 1. The summed E-state index contributed by atoms with van der Waals surface area (Å²) in [5.74, 6) is 2.75. The Kier molecular flexibility index (Phi) is 8.70. The fourth-order valence-corrected chi connectivity index (χ4v) is 5.29. The second kappa shape index (κ2) is 11.2. The molecule has 0 aromatic heterocycles. The average Bonchev–Trinajstić information content (AvgIpc) is 2.75. The number of hydrogen-bond donors (Lipinski definition) is 0. The summed E-state index contributed by atoms with van der Waals surface area (Å²) in [7, 11) is 0. The molecule has 0 heterocycles. The molecule has 0 amide bonds. The predicted molar refractivity (Wildman–Crippen MR) is 117 cm³/mol. The van der Waals surface area contributed by atoms with Crippen LogP contribution in [0, 0.1) is 11.8 Å². The molecule has 0 atom stereocenters. The minimum atomic E-state index is -0.166. The fourth-order valence-electron chi connectivity index (χ4n) is 4.98. The second-order valence-corrected chi connectivity index (χ2v) is 9.35. The molecule has 0 bridgehead atoms. The minimum absolute atomic E-state index is 0.0645. The molecule has 1 aromatic carbocycles. The highest BCUT2D eigenvalue weighted by atomic mass is 35.5. The Bertz CT molecular complexity index is 581. The SMILES string of the molecule is CCCCC[C@H]1CC[C@H](c2ccc(C(=O)O[C@H]3CC[C@H](CCl)CC3)cc2)CC1. The third-order valence-electron chi connectivity index (χ3n) is 6.97. The molecule has 2 nitrogen and oxygen atoms in total. The zero-order valence-corrected chi connectivity index (χ0v) is 18.3. The first-order valence-corrected chi connectivity index (χ1v) is 12.1. The summed E-state index contributed by atoms with van der Waals surface area (Å²) >= 11 is 5.94. The molecule has 2 aliphatic carbocycles. The average molecular weight is 405 g/mol. The number of rotatable bonds is 8. The van der Waals surface area contributed by atoms with E-state index in [-0.39, 0.29) is 12.1 Å². The van der Waals surface area contributed by atoms with Crippen molar-refractivity contribution in [3.05, 3.63) is 35.4 Å². The van der Waals surface area contributed by atoms with Crippen molar-refractivity contribution in [3.63, 3.8) is 0 Å². The Balaban J connectivity index is 1.44. The van der Waals surface area contributed by atoms with Crippen molar-refractivity contribution >= 4 is 17.6 Å². The number of unbranched alkanes of at least 4 members (excludes halogenated alkanes) is 2. The standard InChI is InChI=1S/C25H37ClO2/c1-2-3-4-5-19-6-10-21(11-7-19)22-12-14-23(15-13-22)25(27)28-24-16-8-20(18-26)9-17-24/h12-15,19-21,24H,2-11,16-18H2,1H3/t19-,20-,21-,24-. The van der Waals surface area contributed by atoms with E-state index in [0.717, 1.165) is 37.5 Å². The van der Waals surface area contributed by atoms with Gasteiger partial charge in [-0.05, 0) is 86.8 Å². The highest BCUT2D eigenvalue weighted by Gasteiger charge is 2.25. The number of ether oxygens (including phenoxy) is 1. The van der Waals surface area contributed by atoms with Crippen LogP contribution in [-0.2, 0) is 4.74 Å². The Labute approximate surface area is 176 Å². The Morgan fingerprint density at radius 2 is 1.57 bits per heavy atom. The fraction of sp³-hybridized carbons (Fsp3) is 0.720. The van der Waals surface area contributed by atoms with Crippen LogP contribution >= 0.6 is 11.6 Å². The molecule has 0 spiro atoms. The monoisotopic (exact) mass is 404 g/mol. The lowest BCUT2D eigenvalue weighted by Crippen LogP contribution is -2.25. The summed E-state index contributed by atoms with van der Waals surface area (Å²) in [6, 6.07) is 8.25. The van der Waals surface area contributed by atoms with Gasteiger partial charge in [0.05, 0.1) is 5.56 Å². The maximum absolute atomic E-state index is 12.5. The molecule has 1 aromatic rings. The lowest BCUT2D eigenvalue weighted by atomic mass is 9.77. The first-order chi connectivity index (χ1) is 13.7. The summed E-state index contributed by atoms with van der Waals surface area (Å²) in [6.45, 7) is 2.28. The molecule has 0 N–H and O–H groups in total. The maximum atomic E-state index is 12.5. The van der Waals surface area contributed by atoms with E-state index in [2.05, 4.69) is 19.1 Å². The summed E-state index contributed by atoms with van der Waals surface area (Å²) in [4.78, 5) is 12.5. The smallest absolute Gasteiger partial charge is 0.338 e. The van der Waals surface area contributed by atoms with Gasteiger partial charge in [-0.15, -0.1) is 11.6 Å². The summed E-state index contributed by atoms with van der Waals surface area (Å²) in [5.41, 5.74) is 2.09. The van der Waals surface area contributed by atoms with Crippen molar-refractivity contribution in [2.75, 3.05) is 5.88 Å². The summed E-state index contributed by atoms with van der Waals surface area (Å²) in [6.07, 6.45) is 14.9. The maximum Gasteiger partial charge on any atom is 0.338 e. The third kappa shape index (κ3) is 6.24. The zero-order chi connectivity index (χ0) is 19.8. The molecule has 2 saturated carbocycles.